The molecule has 0 fully saturated rings. The Labute approximate surface area is 154 Å². The van der Waals surface area contributed by atoms with Gasteiger partial charge in [0.25, 0.3) is 5.82 Å². The number of hydrogen-bond acceptors (Lipinski definition) is 5. The molecule has 0 aliphatic heterocycles. The van der Waals surface area contributed by atoms with Gasteiger partial charge in [0, 0.05) is 30.1 Å². The molecule has 3 heterocycles. The van der Waals surface area contributed by atoms with Crippen LogP contribution in [-0.4, -0.2) is 37.2 Å². The maximum absolute atomic E-state index is 12.8. The number of rotatable bonds is 5. The number of carbonyl (C=O) groups is 1. The Morgan fingerprint density at radius 3 is 2.89 bits per heavy atom. The number of nitrogens with one attached hydrogen (secondary N) is 2. The van der Waals surface area contributed by atoms with Crippen molar-refractivity contribution in [2.45, 2.75) is 19.0 Å². The first kappa shape index (κ1) is 17.5. The van der Waals surface area contributed by atoms with Crippen LogP contribution < -0.4 is 5.32 Å². The summed E-state index contributed by atoms with van der Waals surface area (Å²) in [6.07, 6.45) is -2.29. The molecule has 3 aromatic heterocycles. The Morgan fingerprint density at radius 2 is 2.07 bits per heavy atom. The molecular formula is C16H13F3N6OS. The molecule has 0 atom stereocenters. The number of H-pyrrole nitrogens is 1. The average Bonchev–Trinajstić information content (AvgIpc) is 3.28. The minimum Gasteiger partial charge on any atom is -0.361 e. The monoisotopic (exact) mass is 394 g/mol. The van der Waals surface area contributed by atoms with Crippen molar-refractivity contribution in [3.63, 3.8) is 0 Å². The second-order valence-corrected chi connectivity index (χ2v) is 6.89. The van der Waals surface area contributed by atoms with E-state index in [1.54, 1.807) is 6.20 Å². The molecule has 7 nitrogen and oxygen atoms in total. The van der Waals surface area contributed by atoms with Gasteiger partial charge in [-0.1, -0.05) is 29.5 Å². The lowest BCUT2D eigenvalue weighted by Crippen LogP contribution is -2.27. The highest BCUT2D eigenvalue weighted by Crippen LogP contribution is 2.29. The van der Waals surface area contributed by atoms with Crippen molar-refractivity contribution in [3.8, 4) is 0 Å². The van der Waals surface area contributed by atoms with Crippen molar-refractivity contribution in [2.75, 3.05) is 6.54 Å². The molecule has 0 spiro atoms. The zero-order chi connectivity index (χ0) is 19.0. The van der Waals surface area contributed by atoms with Crippen LogP contribution in [0.15, 0.2) is 30.5 Å². The van der Waals surface area contributed by atoms with Crippen LogP contribution in [0.5, 0.6) is 0 Å². The number of halogens is 3. The normalized spacial score (nSPS) is 12.1. The fraction of sp³-hybridized carbons (Fsp3) is 0.250. The molecule has 0 aliphatic carbocycles. The maximum Gasteiger partial charge on any atom is 0.453 e. The van der Waals surface area contributed by atoms with Gasteiger partial charge in [-0.2, -0.15) is 22.8 Å². The van der Waals surface area contributed by atoms with Crippen LogP contribution in [0.3, 0.4) is 0 Å². The topological polar surface area (TPSA) is 88.0 Å². The molecule has 27 heavy (non-hydrogen) atoms. The third-order valence-corrected chi connectivity index (χ3v) is 4.93. The van der Waals surface area contributed by atoms with Gasteiger partial charge in [-0.15, -0.1) is 10.2 Å². The lowest BCUT2D eigenvalue weighted by molar-refractivity contribution is -0.146. The van der Waals surface area contributed by atoms with Crippen molar-refractivity contribution in [1.82, 2.24) is 30.1 Å². The summed E-state index contributed by atoms with van der Waals surface area (Å²) in [5.41, 5.74) is 1.84. The van der Waals surface area contributed by atoms with E-state index in [0.29, 0.717) is 15.9 Å². The summed E-state index contributed by atoms with van der Waals surface area (Å²) in [5, 5.41) is 14.7. The van der Waals surface area contributed by atoms with Crippen LogP contribution in [0.25, 0.3) is 15.9 Å². The molecule has 11 heteroatoms. The van der Waals surface area contributed by atoms with E-state index in [4.69, 9.17) is 0 Å². The molecule has 1 amide bonds. The number of carbonyl (C=O) groups excluding carboxylic acids is 1. The van der Waals surface area contributed by atoms with Crippen molar-refractivity contribution in [1.29, 1.82) is 0 Å². The molecule has 0 unspecified atom stereocenters. The summed E-state index contributed by atoms with van der Waals surface area (Å²) < 4.78 is 39.1. The third-order valence-electron chi connectivity index (χ3n) is 3.97. The Hall–Kier alpha value is -2.95. The van der Waals surface area contributed by atoms with Crippen molar-refractivity contribution < 1.29 is 18.0 Å². The molecule has 0 radical (unpaired) electrons. The second kappa shape index (κ2) is 6.65. The lowest BCUT2D eigenvalue weighted by Gasteiger charge is -2.03. The summed E-state index contributed by atoms with van der Waals surface area (Å²) in [6, 6.07) is 7.68. The predicted octanol–water partition coefficient (Wildman–Crippen LogP) is 2.59. The fourth-order valence-corrected chi connectivity index (χ4v) is 3.59. The SMILES string of the molecule is O=C(Cc1c[nH]c2ccccc12)NCCc1nn2c(C(F)(F)F)nnc2s1. The van der Waals surface area contributed by atoms with Gasteiger partial charge >= 0.3 is 6.18 Å². The van der Waals surface area contributed by atoms with E-state index < -0.39 is 12.0 Å². The van der Waals surface area contributed by atoms with Crippen molar-refractivity contribution in [2.24, 2.45) is 0 Å². The van der Waals surface area contributed by atoms with Gasteiger partial charge in [0.15, 0.2) is 0 Å². The molecule has 2 N–H and O–H groups in total. The zero-order valence-electron chi connectivity index (χ0n) is 13.7. The fourth-order valence-electron chi connectivity index (χ4n) is 2.76. The van der Waals surface area contributed by atoms with E-state index in [2.05, 4.69) is 25.6 Å². The Bertz CT molecular complexity index is 1110. The molecule has 0 saturated heterocycles. The molecule has 4 aromatic rings. The van der Waals surface area contributed by atoms with E-state index >= 15 is 0 Å². The van der Waals surface area contributed by atoms with E-state index in [1.807, 2.05) is 24.3 Å². The Kier molecular flexibility index (Phi) is 4.30. The van der Waals surface area contributed by atoms with Crippen LogP contribution in [0.1, 0.15) is 16.4 Å². The molecule has 0 saturated carbocycles. The minimum atomic E-state index is -4.61. The quantitative estimate of drug-likeness (QED) is 0.545. The maximum atomic E-state index is 12.8. The summed E-state index contributed by atoms with van der Waals surface area (Å²) in [7, 11) is 0. The van der Waals surface area contributed by atoms with E-state index in [-0.39, 0.29) is 23.8 Å². The number of amides is 1. The highest BCUT2D eigenvalue weighted by Gasteiger charge is 2.38. The van der Waals surface area contributed by atoms with Gasteiger partial charge in [0.1, 0.15) is 5.01 Å². The first-order valence-electron chi connectivity index (χ1n) is 8.02. The highest BCUT2D eigenvalue weighted by molar-refractivity contribution is 7.16. The summed E-state index contributed by atoms with van der Waals surface area (Å²) in [4.78, 5) is 15.3. The highest BCUT2D eigenvalue weighted by atomic mass is 32.1. The first-order valence-corrected chi connectivity index (χ1v) is 8.83. The molecule has 140 valence electrons. The van der Waals surface area contributed by atoms with E-state index in [0.717, 1.165) is 27.8 Å². The van der Waals surface area contributed by atoms with Gasteiger partial charge in [-0.25, -0.2) is 0 Å². The number of alkyl halides is 3. The number of aromatic amines is 1. The number of nitrogens with zero attached hydrogens (tertiary/aromatic N) is 4. The third kappa shape index (κ3) is 3.50. The van der Waals surface area contributed by atoms with Crippen LogP contribution >= 0.6 is 11.3 Å². The van der Waals surface area contributed by atoms with Gasteiger partial charge in [-0.3, -0.25) is 4.79 Å². The van der Waals surface area contributed by atoms with Crippen molar-refractivity contribution in [3.05, 3.63) is 46.9 Å². The molecular weight excluding hydrogens is 381 g/mol. The van der Waals surface area contributed by atoms with Crippen LogP contribution in [-0.2, 0) is 23.8 Å². The van der Waals surface area contributed by atoms with Gasteiger partial charge in [0.2, 0.25) is 10.9 Å². The summed E-state index contributed by atoms with van der Waals surface area (Å²) >= 11 is 1.02. The Morgan fingerprint density at radius 1 is 1.26 bits per heavy atom. The van der Waals surface area contributed by atoms with Crippen LogP contribution in [0, 0.1) is 0 Å². The number of para-hydroxylation sites is 1. The van der Waals surface area contributed by atoms with E-state index in [9.17, 15) is 18.0 Å². The Balaban J connectivity index is 1.36. The van der Waals surface area contributed by atoms with Gasteiger partial charge in [-0.05, 0) is 11.6 Å². The standard InChI is InChI=1S/C16H13F3N6OS/c17-16(18,19)14-22-23-15-25(14)24-13(27-15)5-6-20-12(26)7-9-8-21-11-4-2-1-3-10(9)11/h1-4,8,21H,5-7H2,(H,20,26). The molecule has 4 rings (SSSR count). The van der Waals surface area contributed by atoms with Crippen molar-refractivity contribution >= 4 is 33.1 Å². The number of fused-ring (bicyclic) bond motifs is 2. The second-order valence-electron chi connectivity index (χ2n) is 5.85. The number of hydrogen-bond donors (Lipinski definition) is 2. The summed E-state index contributed by atoms with van der Waals surface area (Å²) in [5.74, 6) is -1.32. The molecule has 0 aliphatic rings. The minimum absolute atomic E-state index is 0.0717. The average molecular weight is 394 g/mol. The smallest absolute Gasteiger partial charge is 0.361 e. The number of benzene rings is 1. The predicted molar refractivity (Wildman–Crippen MR) is 92.4 cm³/mol. The largest absolute Gasteiger partial charge is 0.453 e. The van der Waals surface area contributed by atoms with Gasteiger partial charge < -0.3 is 10.3 Å². The zero-order valence-corrected chi connectivity index (χ0v) is 14.6. The summed E-state index contributed by atoms with van der Waals surface area (Å²) in [6.45, 7) is 0.270. The lowest BCUT2D eigenvalue weighted by atomic mass is 10.1. The number of aromatic nitrogens is 5. The molecule has 1 aromatic carbocycles. The first-order chi connectivity index (χ1) is 12.9. The molecule has 0 bridgehead atoms. The van der Waals surface area contributed by atoms with Crippen LogP contribution in [0.2, 0.25) is 0 Å². The van der Waals surface area contributed by atoms with Gasteiger partial charge in [0.05, 0.1) is 6.42 Å². The van der Waals surface area contributed by atoms with Crippen LogP contribution in [0.4, 0.5) is 13.2 Å². The van der Waals surface area contributed by atoms with E-state index in [1.165, 1.54) is 0 Å².